The quantitative estimate of drug-likeness (QED) is 0.615. The summed E-state index contributed by atoms with van der Waals surface area (Å²) >= 11 is 3.54. The minimum absolute atomic E-state index is 1.11. The molecule has 0 aromatic heterocycles. The lowest BCUT2D eigenvalue weighted by Crippen LogP contribution is -2.05. The van der Waals surface area contributed by atoms with Gasteiger partial charge in [-0.25, -0.2) is 0 Å². The smallest absolute Gasteiger partial charge is 0.00341 e. The Bertz CT molecular complexity index is 102. The van der Waals surface area contributed by atoms with Crippen LogP contribution in [0.3, 0.4) is 0 Å². The summed E-state index contributed by atoms with van der Waals surface area (Å²) in [6.45, 7) is 0. The number of hydrogen-bond acceptors (Lipinski definition) is 0. The van der Waals surface area contributed by atoms with E-state index >= 15 is 0 Å². The van der Waals surface area contributed by atoms with Gasteiger partial charge in [0.2, 0.25) is 0 Å². The maximum Gasteiger partial charge on any atom is 0.00341 e. The summed E-state index contributed by atoms with van der Waals surface area (Å²) in [5, 5.41) is 1.23. The van der Waals surface area contributed by atoms with Crippen molar-refractivity contribution in [2.75, 3.05) is 5.33 Å². The number of hydrogen-bond donors (Lipinski definition) is 0. The second-order valence-corrected chi connectivity index (χ2v) is 4.61. The Morgan fingerprint density at radius 3 is 1.90 bits per heavy atom. The first-order valence-corrected chi connectivity index (χ1v) is 5.60. The van der Waals surface area contributed by atoms with Gasteiger partial charge in [-0.2, -0.15) is 0 Å². The van der Waals surface area contributed by atoms with Gasteiger partial charge in [0.25, 0.3) is 0 Å². The van der Waals surface area contributed by atoms with Gasteiger partial charge < -0.3 is 0 Å². The van der Waals surface area contributed by atoms with Gasteiger partial charge in [0.05, 0.1) is 0 Å². The third-order valence-electron chi connectivity index (χ3n) is 2.90. The van der Waals surface area contributed by atoms with Gasteiger partial charge in [0, 0.05) is 5.33 Å². The molecule has 0 aliphatic heterocycles. The summed E-state index contributed by atoms with van der Waals surface area (Å²) < 4.78 is 0. The second-order valence-electron chi connectivity index (χ2n) is 3.82. The molecule has 0 spiro atoms. The zero-order valence-electron chi connectivity index (χ0n) is 6.35. The molecule has 0 unspecified atom stereocenters. The average Bonchev–Trinajstić information content (AvgIpc) is 2.77. The highest BCUT2D eigenvalue weighted by Crippen LogP contribution is 2.50. The van der Waals surface area contributed by atoms with Gasteiger partial charge >= 0.3 is 0 Å². The molecule has 0 N–H and O–H groups in total. The lowest BCUT2D eigenvalue weighted by Gasteiger charge is -2.12. The second kappa shape index (κ2) is 2.84. The van der Waals surface area contributed by atoms with E-state index in [1.807, 2.05) is 0 Å². The van der Waals surface area contributed by atoms with Crippen LogP contribution in [0.1, 0.15) is 32.1 Å². The highest BCUT2D eigenvalue weighted by atomic mass is 79.9. The van der Waals surface area contributed by atoms with Crippen molar-refractivity contribution in [3.05, 3.63) is 0 Å². The Kier molecular flexibility index (Phi) is 2.03. The van der Waals surface area contributed by atoms with Crippen LogP contribution in [0.15, 0.2) is 0 Å². The minimum Gasteiger partial charge on any atom is -0.0928 e. The van der Waals surface area contributed by atoms with Gasteiger partial charge in [0.1, 0.15) is 0 Å². The van der Waals surface area contributed by atoms with Crippen LogP contribution in [0.5, 0.6) is 0 Å². The zero-order chi connectivity index (χ0) is 6.97. The summed E-state index contributed by atoms with van der Waals surface area (Å²) in [5.41, 5.74) is 0. The van der Waals surface area contributed by atoms with Gasteiger partial charge in [-0.15, -0.1) is 0 Å². The summed E-state index contributed by atoms with van der Waals surface area (Å²) in [6.07, 6.45) is 7.58. The molecule has 2 aliphatic carbocycles. The lowest BCUT2D eigenvalue weighted by molar-refractivity contribution is 0.397. The van der Waals surface area contributed by atoms with Crippen LogP contribution >= 0.6 is 15.9 Å². The zero-order valence-corrected chi connectivity index (χ0v) is 7.94. The Labute approximate surface area is 71.5 Å². The van der Waals surface area contributed by atoms with E-state index in [1.54, 1.807) is 0 Å². The van der Waals surface area contributed by atoms with Crippen molar-refractivity contribution in [2.45, 2.75) is 32.1 Å². The first-order valence-electron chi connectivity index (χ1n) is 4.48. The highest BCUT2D eigenvalue weighted by Gasteiger charge is 2.40. The van der Waals surface area contributed by atoms with E-state index in [4.69, 9.17) is 0 Å². The van der Waals surface area contributed by atoms with Crippen molar-refractivity contribution in [2.24, 2.45) is 17.8 Å². The molecule has 0 aromatic carbocycles. The van der Waals surface area contributed by atoms with E-state index in [-0.39, 0.29) is 0 Å². The molecule has 2 rings (SSSR count). The molecule has 2 fully saturated rings. The van der Waals surface area contributed by atoms with Gasteiger partial charge in [-0.1, -0.05) is 15.9 Å². The topological polar surface area (TPSA) is 0 Å². The van der Waals surface area contributed by atoms with Crippen molar-refractivity contribution in [3.63, 3.8) is 0 Å². The summed E-state index contributed by atoms with van der Waals surface area (Å²) in [7, 11) is 0. The third kappa shape index (κ3) is 1.55. The van der Waals surface area contributed by atoms with Crippen LogP contribution in [0.25, 0.3) is 0 Å². The largest absolute Gasteiger partial charge is 0.0928 e. The van der Waals surface area contributed by atoms with E-state index in [0.717, 1.165) is 17.8 Å². The van der Waals surface area contributed by atoms with E-state index in [1.165, 1.54) is 37.4 Å². The summed E-state index contributed by atoms with van der Waals surface area (Å²) in [6, 6.07) is 0. The molecule has 0 heterocycles. The predicted molar refractivity (Wildman–Crippen MR) is 47.3 cm³/mol. The monoisotopic (exact) mass is 202 g/mol. The first kappa shape index (κ1) is 7.15. The van der Waals surface area contributed by atoms with Crippen LogP contribution in [0.4, 0.5) is 0 Å². The fourth-order valence-corrected chi connectivity index (χ4v) is 2.56. The van der Waals surface area contributed by atoms with Crippen LogP contribution in [-0.2, 0) is 0 Å². The number of alkyl halides is 1. The standard InChI is InChI=1S/C9H15Br/c10-6-5-9(7-1-2-7)8-3-4-8/h7-9H,1-6H2. The van der Waals surface area contributed by atoms with Crippen molar-refractivity contribution in [1.29, 1.82) is 0 Å². The molecule has 10 heavy (non-hydrogen) atoms. The molecule has 2 aliphatic rings. The molecule has 0 bridgehead atoms. The van der Waals surface area contributed by atoms with Crippen LogP contribution in [0.2, 0.25) is 0 Å². The summed E-state index contributed by atoms with van der Waals surface area (Å²) in [4.78, 5) is 0. The summed E-state index contributed by atoms with van der Waals surface area (Å²) in [5.74, 6) is 3.40. The fraction of sp³-hybridized carbons (Fsp3) is 1.00. The maximum atomic E-state index is 3.54. The molecule has 2 saturated carbocycles. The number of halogens is 1. The van der Waals surface area contributed by atoms with E-state index in [0.29, 0.717) is 0 Å². The predicted octanol–water partition coefficient (Wildman–Crippen LogP) is 3.21. The molecular formula is C9H15Br. The Hall–Kier alpha value is 0.480. The minimum atomic E-state index is 1.11. The van der Waals surface area contributed by atoms with Crippen LogP contribution in [-0.4, -0.2) is 5.33 Å². The first-order chi connectivity index (χ1) is 4.92. The maximum absolute atomic E-state index is 3.54. The molecule has 0 atom stereocenters. The normalized spacial score (nSPS) is 25.8. The average molecular weight is 203 g/mol. The molecule has 0 radical (unpaired) electrons. The molecular weight excluding hydrogens is 188 g/mol. The molecule has 1 heteroatoms. The number of rotatable bonds is 4. The fourth-order valence-electron chi connectivity index (χ4n) is 2.03. The van der Waals surface area contributed by atoms with Crippen molar-refractivity contribution >= 4 is 15.9 Å². The molecule has 0 saturated heterocycles. The van der Waals surface area contributed by atoms with Crippen molar-refractivity contribution < 1.29 is 0 Å². The Morgan fingerprint density at radius 1 is 1.10 bits per heavy atom. The van der Waals surface area contributed by atoms with Crippen molar-refractivity contribution in [1.82, 2.24) is 0 Å². The highest BCUT2D eigenvalue weighted by molar-refractivity contribution is 9.09. The van der Waals surface area contributed by atoms with Gasteiger partial charge in [-0.3, -0.25) is 0 Å². The van der Waals surface area contributed by atoms with Gasteiger partial charge in [0.15, 0.2) is 0 Å². The Morgan fingerprint density at radius 2 is 1.60 bits per heavy atom. The third-order valence-corrected chi connectivity index (χ3v) is 3.36. The van der Waals surface area contributed by atoms with E-state index < -0.39 is 0 Å². The molecule has 0 aromatic rings. The molecule has 0 nitrogen and oxygen atoms in total. The molecule has 0 amide bonds. The Balaban J connectivity index is 1.80. The molecule has 58 valence electrons. The van der Waals surface area contributed by atoms with E-state index in [2.05, 4.69) is 15.9 Å². The van der Waals surface area contributed by atoms with Crippen molar-refractivity contribution in [3.8, 4) is 0 Å². The van der Waals surface area contributed by atoms with Crippen LogP contribution in [0, 0.1) is 17.8 Å². The lowest BCUT2D eigenvalue weighted by atomic mass is 9.95. The van der Waals surface area contributed by atoms with Crippen LogP contribution < -0.4 is 0 Å². The van der Waals surface area contributed by atoms with E-state index in [9.17, 15) is 0 Å². The SMILES string of the molecule is BrCCC(C1CC1)C1CC1. The van der Waals surface area contributed by atoms with Gasteiger partial charge in [-0.05, 0) is 49.9 Å².